The largest absolute Gasteiger partial charge is 0.444 e. The normalized spacial score (nSPS) is 15.8. The smallest absolute Gasteiger partial charge is 0.410 e. The molecule has 2 aromatic heterocycles. The molecule has 0 bridgehead atoms. The quantitative estimate of drug-likeness (QED) is 0.851. The number of nitrogens with zero attached hydrogens (tertiary/aromatic N) is 4. The molecule has 1 aliphatic rings. The summed E-state index contributed by atoms with van der Waals surface area (Å²) in [5, 5.41) is 0. The lowest BCUT2D eigenvalue weighted by Gasteiger charge is -2.36. The number of nitrogens with one attached hydrogen (secondary N) is 1. The molecule has 1 saturated heterocycles. The van der Waals surface area contributed by atoms with Crippen LogP contribution >= 0.6 is 0 Å². The van der Waals surface area contributed by atoms with Crippen molar-refractivity contribution in [2.45, 2.75) is 26.4 Å². The lowest BCUT2D eigenvalue weighted by Crippen LogP contribution is -2.50. The van der Waals surface area contributed by atoms with E-state index < -0.39 is 5.60 Å². The maximum Gasteiger partial charge on any atom is 0.410 e. The van der Waals surface area contributed by atoms with E-state index in [0.717, 1.165) is 11.2 Å². The number of rotatable bonds is 1. The van der Waals surface area contributed by atoms with Crippen molar-refractivity contribution >= 4 is 22.9 Å². The molecule has 1 fully saturated rings. The molecule has 0 saturated carbocycles. The average molecular weight is 333 g/mol. The fraction of sp³-hybridized carbons (Fsp3) is 0.562. The summed E-state index contributed by atoms with van der Waals surface area (Å²) in [6.45, 7) is 8.10. The van der Waals surface area contributed by atoms with Crippen LogP contribution in [-0.4, -0.2) is 57.3 Å². The third-order valence-electron chi connectivity index (χ3n) is 4.04. The van der Waals surface area contributed by atoms with E-state index in [1.807, 2.05) is 26.8 Å². The Hall–Kier alpha value is -2.51. The van der Waals surface area contributed by atoms with Gasteiger partial charge in [0.05, 0.1) is 5.69 Å². The molecule has 0 spiro atoms. The number of aryl methyl sites for hydroxylation is 1. The van der Waals surface area contributed by atoms with Gasteiger partial charge in [0.2, 0.25) is 0 Å². The third kappa shape index (κ3) is 3.08. The second-order valence-electron chi connectivity index (χ2n) is 6.97. The number of aromatic nitrogens is 3. The standard InChI is InChI=1S/C16H23N5O3/c1-16(2,3)24-15(23)21-9-7-20(8-10-21)11-5-6-17-13-12(11)18-14(22)19(13)4/h5-6H,7-10H2,1-4H3,(H,18,22). The predicted molar refractivity (Wildman–Crippen MR) is 91.4 cm³/mol. The Morgan fingerprint density at radius 2 is 1.92 bits per heavy atom. The molecule has 130 valence electrons. The van der Waals surface area contributed by atoms with E-state index in [0.29, 0.717) is 31.8 Å². The van der Waals surface area contributed by atoms with E-state index >= 15 is 0 Å². The van der Waals surface area contributed by atoms with Crippen LogP contribution in [0.3, 0.4) is 0 Å². The SMILES string of the molecule is Cn1c(=O)[nH]c2c(N3CCN(C(=O)OC(C)(C)C)CC3)ccnc21. The molecule has 8 nitrogen and oxygen atoms in total. The summed E-state index contributed by atoms with van der Waals surface area (Å²) in [4.78, 5) is 35.0. The second-order valence-corrected chi connectivity index (χ2v) is 6.97. The van der Waals surface area contributed by atoms with E-state index in [-0.39, 0.29) is 11.8 Å². The minimum atomic E-state index is -0.491. The molecule has 1 amide bonds. The Bertz CT molecular complexity index is 809. The molecule has 8 heteroatoms. The van der Waals surface area contributed by atoms with Crippen molar-refractivity contribution in [1.82, 2.24) is 19.4 Å². The summed E-state index contributed by atoms with van der Waals surface area (Å²) in [6, 6.07) is 1.89. The lowest BCUT2D eigenvalue weighted by molar-refractivity contribution is 0.0240. The second kappa shape index (κ2) is 5.85. The summed E-state index contributed by atoms with van der Waals surface area (Å²) in [7, 11) is 1.69. The van der Waals surface area contributed by atoms with Crippen LogP contribution in [0, 0.1) is 0 Å². The average Bonchev–Trinajstić information content (AvgIpc) is 2.81. The maximum absolute atomic E-state index is 12.1. The summed E-state index contributed by atoms with van der Waals surface area (Å²) < 4.78 is 6.91. The highest BCUT2D eigenvalue weighted by molar-refractivity contribution is 5.86. The lowest BCUT2D eigenvalue weighted by atomic mass is 10.2. The van der Waals surface area contributed by atoms with E-state index in [1.54, 1.807) is 18.1 Å². The Labute approximate surface area is 140 Å². The van der Waals surface area contributed by atoms with Crippen LogP contribution in [0.2, 0.25) is 0 Å². The van der Waals surface area contributed by atoms with Gasteiger partial charge >= 0.3 is 11.8 Å². The Kier molecular flexibility index (Phi) is 3.98. The van der Waals surface area contributed by atoms with Gasteiger partial charge in [-0.1, -0.05) is 0 Å². The van der Waals surface area contributed by atoms with Crippen LogP contribution in [0.25, 0.3) is 11.2 Å². The summed E-state index contributed by atoms with van der Waals surface area (Å²) in [5.74, 6) is 0. The molecule has 1 aliphatic heterocycles. The van der Waals surface area contributed by atoms with Crippen LogP contribution < -0.4 is 10.6 Å². The van der Waals surface area contributed by atoms with Gasteiger partial charge in [-0.15, -0.1) is 0 Å². The van der Waals surface area contributed by atoms with Gasteiger partial charge in [-0.3, -0.25) is 4.57 Å². The first-order valence-corrected chi connectivity index (χ1v) is 8.03. The number of amides is 1. The number of fused-ring (bicyclic) bond motifs is 1. The number of carbonyl (C=O) groups excluding carboxylic acids is 1. The van der Waals surface area contributed by atoms with Gasteiger partial charge in [-0.2, -0.15) is 0 Å². The molecule has 0 aliphatic carbocycles. The van der Waals surface area contributed by atoms with Crippen LogP contribution in [-0.2, 0) is 11.8 Å². The number of H-pyrrole nitrogens is 1. The predicted octanol–water partition coefficient (Wildman–Crippen LogP) is 1.32. The third-order valence-corrected chi connectivity index (χ3v) is 4.04. The first-order chi connectivity index (χ1) is 11.3. The molecule has 0 atom stereocenters. The van der Waals surface area contributed by atoms with Crippen molar-refractivity contribution in [3.8, 4) is 0 Å². The van der Waals surface area contributed by atoms with Crippen molar-refractivity contribution in [2.24, 2.45) is 7.05 Å². The molecule has 3 heterocycles. The number of anilines is 1. The monoisotopic (exact) mass is 333 g/mol. The zero-order valence-corrected chi connectivity index (χ0v) is 14.5. The topological polar surface area (TPSA) is 83.5 Å². The van der Waals surface area contributed by atoms with E-state index in [2.05, 4.69) is 14.9 Å². The Morgan fingerprint density at radius 1 is 1.25 bits per heavy atom. The number of imidazole rings is 1. The fourth-order valence-electron chi connectivity index (χ4n) is 2.82. The molecule has 3 rings (SSSR count). The minimum absolute atomic E-state index is 0.183. The molecular weight excluding hydrogens is 310 g/mol. The van der Waals surface area contributed by atoms with Gasteiger partial charge in [-0.25, -0.2) is 14.6 Å². The van der Waals surface area contributed by atoms with E-state index in [9.17, 15) is 9.59 Å². The molecule has 0 radical (unpaired) electrons. The number of pyridine rings is 1. The Morgan fingerprint density at radius 3 is 2.54 bits per heavy atom. The van der Waals surface area contributed by atoms with Gasteiger partial charge in [0.1, 0.15) is 11.1 Å². The number of ether oxygens (including phenoxy) is 1. The van der Waals surface area contributed by atoms with Crippen LogP contribution in [0.5, 0.6) is 0 Å². The first-order valence-electron chi connectivity index (χ1n) is 8.03. The van der Waals surface area contributed by atoms with Crippen molar-refractivity contribution in [3.63, 3.8) is 0 Å². The zero-order valence-electron chi connectivity index (χ0n) is 14.5. The molecule has 2 aromatic rings. The highest BCUT2D eigenvalue weighted by Crippen LogP contribution is 2.24. The van der Waals surface area contributed by atoms with Gasteiger partial charge in [-0.05, 0) is 26.8 Å². The highest BCUT2D eigenvalue weighted by atomic mass is 16.6. The van der Waals surface area contributed by atoms with Gasteiger partial charge in [0.25, 0.3) is 0 Å². The van der Waals surface area contributed by atoms with E-state index in [1.165, 1.54) is 4.57 Å². The van der Waals surface area contributed by atoms with Gasteiger partial charge in [0, 0.05) is 39.4 Å². The van der Waals surface area contributed by atoms with Crippen molar-refractivity contribution < 1.29 is 9.53 Å². The highest BCUT2D eigenvalue weighted by Gasteiger charge is 2.27. The van der Waals surface area contributed by atoms with Crippen molar-refractivity contribution in [2.75, 3.05) is 31.1 Å². The Balaban J connectivity index is 1.75. The molecule has 24 heavy (non-hydrogen) atoms. The van der Waals surface area contributed by atoms with Crippen LogP contribution in [0.15, 0.2) is 17.1 Å². The van der Waals surface area contributed by atoms with Crippen molar-refractivity contribution in [3.05, 3.63) is 22.7 Å². The number of hydrogen-bond donors (Lipinski definition) is 1. The minimum Gasteiger partial charge on any atom is -0.444 e. The number of piperazine rings is 1. The van der Waals surface area contributed by atoms with Gasteiger partial charge in [0.15, 0.2) is 5.65 Å². The van der Waals surface area contributed by atoms with Crippen LogP contribution in [0.4, 0.5) is 10.5 Å². The molecule has 0 aromatic carbocycles. The van der Waals surface area contributed by atoms with E-state index in [4.69, 9.17) is 4.74 Å². The zero-order chi connectivity index (χ0) is 17.5. The first kappa shape index (κ1) is 16.4. The van der Waals surface area contributed by atoms with Gasteiger partial charge < -0.3 is 19.5 Å². The molecule has 0 unspecified atom stereocenters. The number of hydrogen-bond acceptors (Lipinski definition) is 5. The number of aromatic amines is 1. The van der Waals surface area contributed by atoms with Crippen LogP contribution in [0.1, 0.15) is 20.8 Å². The summed E-state index contributed by atoms with van der Waals surface area (Å²) >= 11 is 0. The molecule has 1 N–H and O–H groups in total. The molecular formula is C16H23N5O3. The summed E-state index contributed by atoms with van der Waals surface area (Å²) in [6.07, 6.45) is 1.42. The fourth-order valence-corrected chi connectivity index (χ4v) is 2.82. The summed E-state index contributed by atoms with van der Waals surface area (Å²) in [5.41, 5.74) is 1.62. The van der Waals surface area contributed by atoms with Crippen molar-refractivity contribution in [1.29, 1.82) is 0 Å². The maximum atomic E-state index is 12.1. The number of carbonyl (C=O) groups is 1.